The van der Waals surface area contributed by atoms with Crippen LogP contribution in [0.25, 0.3) is 0 Å². The molecule has 0 radical (unpaired) electrons. The van der Waals surface area contributed by atoms with Gasteiger partial charge in [-0.2, -0.15) is 0 Å². The molecule has 0 bridgehead atoms. The van der Waals surface area contributed by atoms with Gasteiger partial charge in [0.25, 0.3) is 5.91 Å². The zero-order valence-electron chi connectivity index (χ0n) is 11.7. The Morgan fingerprint density at radius 2 is 2.00 bits per heavy atom. The molecule has 5 heteroatoms. The lowest BCUT2D eigenvalue weighted by Gasteiger charge is -2.16. The predicted octanol–water partition coefficient (Wildman–Crippen LogP) is 3.98. The van der Waals surface area contributed by atoms with Crippen molar-refractivity contribution >= 4 is 17.5 Å². The Morgan fingerprint density at radius 1 is 1.29 bits per heavy atom. The van der Waals surface area contributed by atoms with Crippen LogP contribution >= 0.6 is 11.6 Å². The molecule has 2 rings (SSSR count). The maximum Gasteiger partial charge on any atom is 0.255 e. The molecule has 1 unspecified atom stereocenters. The Bertz CT molecular complexity index is 660. The van der Waals surface area contributed by atoms with E-state index in [0.29, 0.717) is 21.9 Å². The largest absolute Gasteiger partial charge is 0.496 e. The van der Waals surface area contributed by atoms with Gasteiger partial charge in [-0.05, 0) is 31.2 Å². The van der Waals surface area contributed by atoms with Gasteiger partial charge in [-0.1, -0.05) is 29.8 Å². The number of hydrogen-bond donors (Lipinski definition) is 1. The van der Waals surface area contributed by atoms with Crippen molar-refractivity contribution in [2.24, 2.45) is 0 Å². The predicted molar refractivity (Wildman–Crippen MR) is 80.3 cm³/mol. The van der Waals surface area contributed by atoms with E-state index in [9.17, 15) is 9.18 Å². The molecule has 1 N–H and O–H groups in total. The van der Waals surface area contributed by atoms with E-state index in [1.54, 1.807) is 37.3 Å². The Balaban J connectivity index is 2.22. The molecule has 3 nitrogen and oxygen atoms in total. The number of hydrogen-bond acceptors (Lipinski definition) is 2. The van der Waals surface area contributed by atoms with Crippen LogP contribution in [0.3, 0.4) is 0 Å². The molecule has 2 aromatic rings. The van der Waals surface area contributed by atoms with Crippen molar-refractivity contribution in [2.45, 2.75) is 13.0 Å². The molecule has 0 aromatic heterocycles. The molecule has 0 fully saturated rings. The summed E-state index contributed by atoms with van der Waals surface area (Å²) in [6.07, 6.45) is 0. The van der Waals surface area contributed by atoms with E-state index in [1.807, 2.05) is 0 Å². The summed E-state index contributed by atoms with van der Waals surface area (Å²) in [5.74, 6) is -0.314. The van der Waals surface area contributed by atoms with Crippen LogP contribution < -0.4 is 10.1 Å². The minimum Gasteiger partial charge on any atom is -0.496 e. The molecule has 0 aliphatic carbocycles. The van der Waals surface area contributed by atoms with E-state index in [0.717, 1.165) is 0 Å². The van der Waals surface area contributed by atoms with E-state index in [4.69, 9.17) is 16.3 Å². The summed E-state index contributed by atoms with van der Waals surface area (Å²) < 4.78 is 18.8. The second-order valence-corrected chi connectivity index (χ2v) is 5.00. The van der Waals surface area contributed by atoms with E-state index >= 15 is 0 Å². The fourth-order valence-electron chi connectivity index (χ4n) is 2.04. The molecule has 0 spiro atoms. The highest BCUT2D eigenvalue weighted by Crippen LogP contribution is 2.24. The number of benzene rings is 2. The Hall–Kier alpha value is -2.07. The number of nitrogens with one attached hydrogen (secondary N) is 1. The number of amides is 1. The lowest BCUT2D eigenvalue weighted by Crippen LogP contribution is -2.27. The van der Waals surface area contributed by atoms with Gasteiger partial charge < -0.3 is 10.1 Å². The van der Waals surface area contributed by atoms with Gasteiger partial charge in [0, 0.05) is 10.6 Å². The van der Waals surface area contributed by atoms with Crippen molar-refractivity contribution in [2.75, 3.05) is 7.11 Å². The maximum atomic E-state index is 13.7. The van der Waals surface area contributed by atoms with Crippen LogP contribution in [0.2, 0.25) is 5.02 Å². The first-order chi connectivity index (χ1) is 10.0. The first-order valence-corrected chi connectivity index (χ1v) is 6.79. The minimum atomic E-state index is -0.470. The lowest BCUT2D eigenvalue weighted by molar-refractivity contribution is 0.0936. The summed E-state index contributed by atoms with van der Waals surface area (Å²) in [4.78, 5) is 12.3. The molecule has 0 heterocycles. The van der Waals surface area contributed by atoms with E-state index in [1.165, 1.54) is 19.2 Å². The van der Waals surface area contributed by atoms with E-state index in [2.05, 4.69) is 5.32 Å². The van der Waals surface area contributed by atoms with Crippen molar-refractivity contribution in [3.63, 3.8) is 0 Å². The number of carbonyl (C=O) groups excluding carboxylic acids is 1. The molecule has 1 atom stereocenters. The SMILES string of the molecule is COc1ccc(Cl)cc1C(=O)NC(C)c1ccccc1F. The first kappa shape index (κ1) is 15.3. The zero-order chi connectivity index (χ0) is 15.4. The average molecular weight is 308 g/mol. The third kappa shape index (κ3) is 3.52. The molecule has 0 saturated carbocycles. The van der Waals surface area contributed by atoms with Gasteiger partial charge in [0.15, 0.2) is 0 Å². The lowest BCUT2D eigenvalue weighted by atomic mass is 10.1. The summed E-state index contributed by atoms with van der Waals surface area (Å²) in [5.41, 5.74) is 0.736. The Morgan fingerprint density at radius 3 is 2.67 bits per heavy atom. The van der Waals surface area contributed by atoms with Gasteiger partial charge >= 0.3 is 0 Å². The molecule has 110 valence electrons. The number of halogens is 2. The van der Waals surface area contributed by atoms with Crippen LogP contribution in [0.4, 0.5) is 4.39 Å². The van der Waals surface area contributed by atoms with Crippen LogP contribution in [0.5, 0.6) is 5.75 Å². The Kier molecular flexibility index (Phi) is 4.81. The van der Waals surface area contributed by atoms with Crippen molar-refractivity contribution in [1.82, 2.24) is 5.32 Å². The molecule has 21 heavy (non-hydrogen) atoms. The van der Waals surface area contributed by atoms with E-state index < -0.39 is 6.04 Å². The van der Waals surface area contributed by atoms with Crippen LogP contribution in [-0.4, -0.2) is 13.0 Å². The van der Waals surface area contributed by atoms with Gasteiger partial charge in [-0.15, -0.1) is 0 Å². The summed E-state index contributed by atoms with van der Waals surface area (Å²) in [6, 6.07) is 10.6. The highest BCUT2D eigenvalue weighted by Gasteiger charge is 2.17. The average Bonchev–Trinajstić information content (AvgIpc) is 2.47. The highest BCUT2D eigenvalue weighted by atomic mass is 35.5. The van der Waals surface area contributed by atoms with Gasteiger partial charge in [0.1, 0.15) is 11.6 Å². The minimum absolute atomic E-state index is 0.313. The Labute approximate surface area is 127 Å². The van der Waals surface area contributed by atoms with E-state index in [-0.39, 0.29) is 11.7 Å². The van der Waals surface area contributed by atoms with Gasteiger partial charge in [-0.3, -0.25) is 4.79 Å². The van der Waals surface area contributed by atoms with Crippen LogP contribution in [0, 0.1) is 5.82 Å². The van der Waals surface area contributed by atoms with Crippen molar-refractivity contribution in [3.05, 3.63) is 64.4 Å². The molecular weight excluding hydrogens is 293 g/mol. The third-order valence-corrected chi connectivity index (χ3v) is 3.36. The zero-order valence-corrected chi connectivity index (χ0v) is 12.4. The van der Waals surface area contributed by atoms with Crippen LogP contribution in [0.1, 0.15) is 28.9 Å². The fraction of sp³-hybridized carbons (Fsp3) is 0.188. The quantitative estimate of drug-likeness (QED) is 0.928. The fourth-order valence-corrected chi connectivity index (χ4v) is 2.21. The molecule has 1 amide bonds. The molecule has 2 aromatic carbocycles. The van der Waals surface area contributed by atoms with Gasteiger partial charge in [0.05, 0.1) is 18.7 Å². The number of methoxy groups -OCH3 is 1. The number of rotatable bonds is 4. The maximum absolute atomic E-state index is 13.7. The topological polar surface area (TPSA) is 38.3 Å². The van der Waals surface area contributed by atoms with Crippen molar-refractivity contribution in [3.8, 4) is 5.75 Å². The summed E-state index contributed by atoms with van der Waals surface area (Å²) >= 11 is 5.90. The second kappa shape index (κ2) is 6.59. The van der Waals surface area contributed by atoms with Crippen molar-refractivity contribution < 1.29 is 13.9 Å². The second-order valence-electron chi connectivity index (χ2n) is 4.56. The monoisotopic (exact) mass is 307 g/mol. The third-order valence-electron chi connectivity index (χ3n) is 3.13. The van der Waals surface area contributed by atoms with Gasteiger partial charge in [-0.25, -0.2) is 4.39 Å². The number of carbonyl (C=O) groups is 1. The molecule has 0 saturated heterocycles. The van der Waals surface area contributed by atoms with Gasteiger partial charge in [0.2, 0.25) is 0 Å². The first-order valence-electron chi connectivity index (χ1n) is 6.41. The summed E-state index contributed by atoms with van der Waals surface area (Å²) in [7, 11) is 1.47. The summed E-state index contributed by atoms with van der Waals surface area (Å²) in [6.45, 7) is 1.72. The number of ether oxygens (including phenoxy) is 1. The standard InChI is InChI=1S/C16H15ClFNO2/c1-10(12-5-3-4-6-14(12)18)19-16(20)13-9-11(17)7-8-15(13)21-2/h3-10H,1-2H3,(H,19,20). The molecule has 0 aliphatic heterocycles. The summed E-state index contributed by atoms with van der Waals surface area (Å²) in [5, 5.41) is 3.17. The molecular formula is C16H15ClFNO2. The normalized spacial score (nSPS) is 11.8. The smallest absolute Gasteiger partial charge is 0.255 e. The van der Waals surface area contributed by atoms with Crippen molar-refractivity contribution in [1.29, 1.82) is 0 Å². The van der Waals surface area contributed by atoms with Crippen LogP contribution in [-0.2, 0) is 0 Å². The molecule has 0 aliphatic rings. The highest BCUT2D eigenvalue weighted by molar-refractivity contribution is 6.31. The van der Waals surface area contributed by atoms with Crippen LogP contribution in [0.15, 0.2) is 42.5 Å².